The molecule has 0 amide bonds. The molecule has 1 aromatic heterocycles. The van der Waals surface area contributed by atoms with Crippen LogP contribution in [0.5, 0.6) is 6.01 Å². The van der Waals surface area contributed by atoms with Crippen molar-refractivity contribution >= 4 is 17.0 Å². The highest BCUT2D eigenvalue weighted by atomic mass is 19.1. The summed E-state index contributed by atoms with van der Waals surface area (Å²) in [7, 11) is 0. The third-order valence-corrected chi connectivity index (χ3v) is 4.42. The van der Waals surface area contributed by atoms with Crippen LogP contribution in [0.15, 0.2) is 67.4 Å². The van der Waals surface area contributed by atoms with E-state index in [1.807, 2.05) is 6.07 Å². The van der Waals surface area contributed by atoms with Crippen LogP contribution in [0.2, 0.25) is 0 Å². The zero-order valence-electron chi connectivity index (χ0n) is 16.1. The van der Waals surface area contributed by atoms with Gasteiger partial charge in [-0.15, -0.1) is 0 Å². The van der Waals surface area contributed by atoms with Crippen molar-refractivity contribution in [1.82, 2.24) is 9.97 Å². The van der Waals surface area contributed by atoms with Crippen LogP contribution in [-0.2, 0) is 0 Å². The van der Waals surface area contributed by atoms with Crippen LogP contribution in [0.25, 0.3) is 28.1 Å². The second-order valence-electron chi connectivity index (χ2n) is 6.76. The van der Waals surface area contributed by atoms with Crippen LogP contribution in [0.3, 0.4) is 0 Å². The van der Waals surface area contributed by atoms with E-state index in [4.69, 9.17) is 4.74 Å². The van der Waals surface area contributed by atoms with Crippen LogP contribution in [0.4, 0.5) is 4.39 Å². The van der Waals surface area contributed by atoms with Crippen molar-refractivity contribution in [3.63, 3.8) is 0 Å². The average Bonchev–Trinajstić information content (AvgIpc) is 2.71. The number of nitrogens with zero attached hydrogens (tertiary/aromatic N) is 2. The monoisotopic (exact) mass is 376 g/mol. The fraction of sp³-hybridized carbons (Fsp3) is 0.250. The Labute approximate surface area is 165 Å². The molecule has 28 heavy (non-hydrogen) atoms. The van der Waals surface area contributed by atoms with Gasteiger partial charge in [0, 0.05) is 11.6 Å². The predicted octanol–water partition coefficient (Wildman–Crippen LogP) is 6.40. The molecule has 0 spiro atoms. The van der Waals surface area contributed by atoms with E-state index in [0.29, 0.717) is 19.0 Å². The lowest BCUT2D eigenvalue weighted by Crippen LogP contribution is -1.98. The summed E-state index contributed by atoms with van der Waals surface area (Å²) in [6, 6.07) is 14.9. The molecule has 1 atom stereocenters. The van der Waals surface area contributed by atoms with Gasteiger partial charge in [0.1, 0.15) is 6.61 Å². The Hall–Kier alpha value is -3.01. The van der Waals surface area contributed by atoms with Crippen molar-refractivity contribution in [2.24, 2.45) is 0 Å². The minimum Gasteiger partial charge on any atom is -0.459 e. The van der Waals surface area contributed by atoms with Crippen molar-refractivity contribution in [2.45, 2.75) is 32.4 Å². The molecule has 1 heterocycles. The molecule has 0 aliphatic rings. The van der Waals surface area contributed by atoms with E-state index in [0.717, 1.165) is 40.4 Å². The highest BCUT2D eigenvalue weighted by Crippen LogP contribution is 2.25. The number of aromatic nitrogens is 2. The minimum absolute atomic E-state index is 0.359. The maximum Gasteiger partial charge on any atom is 0.317 e. The summed E-state index contributed by atoms with van der Waals surface area (Å²) >= 11 is 0. The molecule has 0 bridgehead atoms. The fourth-order valence-corrected chi connectivity index (χ4v) is 2.92. The van der Waals surface area contributed by atoms with E-state index >= 15 is 0 Å². The number of halogens is 1. The van der Waals surface area contributed by atoms with Gasteiger partial charge >= 0.3 is 6.01 Å². The van der Waals surface area contributed by atoms with Gasteiger partial charge in [-0.1, -0.05) is 55.1 Å². The Morgan fingerprint density at radius 2 is 1.93 bits per heavy atom. The molecular formula is C24H25FN2O. The topological polar surface area (TPSA) is 35.0 Å². The van der Waals surface area contributed by atoms with Crippen molar-refractivity contribution < 1.29 is 9.13 Å². The molecule has 4 heteroatoms. The van der Waals surface area contributed by atoms with E-state index in [1.54, 1.807) is 19.2 Å². The van der Waals surface area contributed by atoms with Gasteiger partial charge in [-0.05, 0) is 55.0 Å². The maximum atomic E-state index is 12.8. The first-order chi connectivity index (χ1) is 13.7. The first-order valence-electron chi connectivity index (χ1n) is 9.57. The maximum absolute atomic E-state index is 12.8. The molecule has 0 saturated heterocycles. The molecule has 1 unspecified atom stereocenters. The molecule has 144 valence electrons. The Kier molecular flexibility index (Phi) is 6.90. The Morgan fingerprint density at radius 3 is 2.68 bits per heavy atom. The van der Waals surface area contributed by atoms with E-state index in [2.05, 4.69) is 65.1 Å². The molecule has 3 nitrogen and oxygen atoms in total. The summed E-state index contributed by atoms with van der Waals surface area (Å²) in [6.45, 7) is 5.62. The number of hydrogen-bond donors (Lipinski definition) is 0. The molecule has 0 radical (unpaired) electrons. The third-order valence-electron chi connectivity index (χ3n) is 4.42. The SMILES string of the molecule is C=CCOc1ncc2cc(-c3ccc(C=CCCCC(C)F)cc3)ccc2n1. The Morgan fingerprint density at radius 1 is 1.14 bits per heavy atom. The molecule has 0 aliphatic carbocycles. The number of unbranched alkanes of at least 4 members (excludes halogenated alkanes) is 1. The van der Waals surface area contributed by atoms with E-state index in [9.17, 15) is 4.39 Å². The average molecular weight is 376 g/mol. The summed E-state index contributed by atoms with van der Waals surface area (Å²) in [5.74, 6) is 0. The van der Waals surface area contributed by atoms with Crippen molar-refractivity contribution in [3.05, 3.63) is 73.0 Å². The van der Waals surface area contributed by atoms with E-state index < -0.39 is 6.17 Å². The molecule has 0 fully saturated rings. The van der Waals surface area contributed by atoms with Crippen molar-refractivity contribution in [1.29, 1.82) is 0 Å². The first kappa shape index (κ1) is 19.7. The second kappa shape index (κ2) is 9.79. The van der Waals surface area contributed by atoms with Crippen molar-refractivity contribution in [2.75, 3.05) is 6.61 Å². The number of fused-ring (bicyclic) bond motifs is 1. The summed E-state index contributed by atoms with van der Waals surface area (Å²) in [5, 5.41) is 0.967. The lowest BCUT2D eigenvalue weighted by Gasteiger charge is -2.06. The summed E-state index contributed by atoms with van der Waals surface area (Å²) < 4.78 is 18.2. The molecule has 0 N–H and O–H groups in total. The smallest absolute Gasteiger partial charge is 0.317 e. The molecule has 3 rings (SSSR count). The molecule has 0 aliphatic heterocycles. The van der Waals surface area contributed by atoms with Gasteiger partial charge in [0.05, 0.1) is 11.7 Å². The Bertz CT molecular complexity index is 948. The van der Waals surface area contributed by atoms with Crippen LogP contribution in [0.1, 0.15) is 31.7 Å². The van der Waals surface area contributed by atoms with Gasteiger partial charge in [0.15, 0.2) is 0 Å². The zero-order chi connectivity index (χ0) is 19.8. The number of ether oxygens (including phenoxy) is 1. The second-order valence-corrected chi connectivity index (χ2v) is 6.76. The fourth-order valence-electron chi connectivity index (χ4n) is 2.92. The normalized spacial score (nSPS) is 12.4. The van der Waals surface area contributed by atoms with Gasteiger partial charge in [0.2, 0.25) is 0 Å². The molecular weight excluding hydrogens is 351 g/mol. The van der Waals surface area contributed by atoms with Crippen LogP contribution >= 0.6 is 0 Å². The van der Waals surface area contributed by atoms with E-state index in [1.165, 1.54) is 0 Å². The van der Waals surface area contributed by atoms with Crippen LogP contribution in [0, 0.1) is 0 Å². The van der Waals surface area contributed by atoms with E-state index in [-0.39, 0.29) is 0 Å². The van der Waals surface area contributed by atoms with Crippen LogP contribution < -0.4 is 4.74 Å². The number of allylic oxidation sites excluding steroid dienone is 1. The van der Waals surface area contributed by atoms with Gasteiger partial charge in [0.25, 0.3) is 0 Å². The number of rotatable bonds is 9. The molecule has 3 aromatic rings. The quantitative estimate of drug-likeness (QED) is 0.320. The largest absolute Gasteiger partial charge is 0.459 e. The Balaban J connectivity index is 1.68. The highest BCUT2D eigenvalue weighted by molar-refractivity contribution is 5.84. The number of alkyl halides is 1. The molecule has 2 aromatic carbocycles. The zero-order valence-corrected chi connectivity index (χ0v) is 16.1. The van der Waals surface area contributed by atoms with Gasteiger partial charge in [-0.2, -0.15) is 4.98 Å². The van der Waals surface area contributed by atoms with Gasteiger partial charge in [-0.25, -0.2) is 9.37 Å². The lowest BCUT2D eigenvalue weighted by molar-refractivity contribution is 0.334. The third kappa shape index (κ3) is 5.49. The summed E-state index contributed by atoms with van der Waals surface area (Å²) in [6.07, 6.45) is 9.33. The minimum atomic E-state index is -0.716. The van der Waals surface area contributed by atoms with Gasteiger partial charge < -0.3 is 4.74 Å². The standard InChI is InChI=1S/C24H25FN2O/c1-3-15-28-24-26-17-22-16-21(13-14-23(22)27-24)20-11-9-19(10-12-20)8-6-4-5-7-18(2)25/h3,6,8-14,16-18H,1,4-5,7,15H2,2H3. The summed E-state index contributed by atoms with van der Waals surface area (Å²) in [4.78, 5) is 8.65. The van der Waals surface area contributed by atoms with Gasteiger partial charge in [-0.3, -0.25) is 0 Å². The summed E-state index contributed by atoms with van der Waals surface area (Å²) in [5.41, 5.74) is 4.24. The number of hydrogen-bond acceptors (Lipinski definition) is 3. The highest BCUT2D eigenvalue weighted by Gasteiger charge is 2.04. The lowest BCUT2D eigenvalue weighted by atomic mass is 10.0. The first-order valence-corrected chi connectivity index (χ1v) is 9.57. The number of benzene rings is 2. The predicted molar refractivity (Wildman–Crippen MR) is 114 cm³/mol. The van der Waals surface area contributed by atoms with Crippen molar-refractivity contribution in [3.8, 4) is 17.1 Å². The van der Waals surface area contributed by atoms with Crippen LogP contribution in [-0.4, -0.2) is 22.7 Å². The molecule has 0 saturated carbocycles.